The van der Waals surface area contributed by atoms with E-state index in [9.17, 15) is 4.79 Å². The smallest absolute Gasteiger partial charge is 0.277 e. The van der Waals surface area contributed by atoms with E-state index in [1.54, 1.807) is 40.5 Å². The molecule has 0 aliphatic carbocycles. The molecule has 4 aromatic rings. The number of hydrogen-bond acceptors (Lipinski definition) is 8. The van der Waals surface area contributed by atoms with E-state index in [2.05, 4.69) is 25.7 Å². The second kappa shape index (κ2) is 9.21. The zero-order chi connectivity index (χ0) is 23.5. The van der Waals surface area contributed by atoms with E-state index >= 15 is 0 Å². The lowest BCUT2D eigenvalue weighted by molar-refractivity contribution is 0.184. The van der Waals surface area contributed by atoms with Crippen LogP contribution in [0.25, 0.3) is 11.0 Å². The van der Waals surface area contributed by atoms with Crippen LogP contribution in [-0.4, -0.2) is 41.1 Å². The SMILES string of the molecule is COCc1ccc(Nc2cc(Nc3ccc(OC)c(C)n3)nc3[nH]n(C)c(=O)c23)c(OC)c1. The molecule has 0 spiro atoms. The Morgan fingerprint density at radius 2 is 1.73 bits per heavy atom. The van der Waals surface area contributed by atoms with Gasteiger partial charge in [0.1, 0.15) is 28.5 Å². The highest BCUT2D eigenvalue weighted by Crippen LogP contribution is 2.32. The molecule has 4 rings (SSSR count). The number of H-pyrrole nitrogens is 1. The van der Waals surface area contributed by atoms with Crippen molar-refractivity contribution in [2.45, 2.75) is 13.5 Å². The Kier molecular flexibility index (Phi) is 6.18. The van der Waals surface area contributed by atoms with Crippen molar-refractivity contribution in [3.8, 4) is 11.5 Å². The van der Waals surface area contributed by atoms with E-state index in [4.69, 9.17) is 14.2 Å². The second-order valence-electron chi connectivity index (χ2n) is 7.46. The summed E-state index contributed by atoms with van der Waals surface area (Å²) in [6, 6.07) is 11.1. The molecule has 172 valence electrons. The minimum atomic E-state index is -0.195. The molecule has 0 aliphatic rings. The minimum Gasteiger partial charge on any atom is -0.495 e. The molecule has 0 bridgehead atoms. The Labute approximate surface area is 190 Å². The van der Waals surface area contributed by atoms with Crippen molar-refractivity contribution in [3.63, 3.8) is 0 Å². The molecule has 0 saturated carbocycles. The van der Waals surface area contributed by atoms with Crippen LogP contribution in [0, 0.1) is 6.92 Å². The molecular weight excluding hydrogens is 424 g/mol. The van der Waals surface area contributed by atoms with Crippen LogP contribution in [0.3, 0.4) is 0 Å². The van der Waals surface area contributed by atoms with Crippen LogP contribution in [-0.2, 0) is 18.4 Å². The van der Waals surface area contributed by atoms with Gasteiger partial charge in [-0.15, -0.1) is 0 Å². The number of aryl methyl sites for hydroxylation is 2. The number of rotatable bonds is 8. The van der Waals surface area contributed by atoms with E-state index in [0.29, 0.717) is 52.1 Å². The Balaban J connectivity index is 1.76. The average molecular weight is 450 g/mol. The summed E-state index contributed by atoms with van der Waals surface area (Å²) < 4.78 is 17.4. The number of benzene rings is 1. The van der Waals surface area contributed by atoms with Crippen LogP contribution in [0.5, 0.6) is 11.5 Å². The van der Waals surface area contributed by atoms with Gasteiger partial charge >= 0.3 is 0 Å². The Morgan fingerprint density at radius 3 is 2.42 bits per heavy atom. The number of pyridine rings is 2. The topological polar surface area (TPSA) is 115 Å². The Hall–Kier alpha value is -4.05. The number of methoxy groups -OCH3 is 3. The number of nitrogens with zero attached hydrogens (tertiary/aromatic N) is 3. The van der Waals surface area contributed by atoms with Crippen molar-refractivity contribution >= 4 is 34.0 Å². The summed E-state index contributed by atoms with van der Waals surface area (Å²) in [5.74, 6) is 2.44. The molecule has 0 atom stereocenters. The maximum atomic E-state index is 12.8. The highest BCUT2D eigenvalue weighted by molar-refractivity contribution is 5.93. The van der Waals surface area contributed by atoms with Crippen LogP contribution < -0.4 is 25.7 Å². The minimum absolute atomic E-state index is 0.195. The fraction of sp³-hybridized carbons (Fsp3) is 0.261. The lowest BCUT2D eigenvalue weighted by atomic mass is 10.2. The van der Waals surface area contributed by atoms with Gasteiger partial charge in [-0.05, 0) is 36.8 Å². The zero-order valence-corrected chi connectivity index (χ0v) is 19.1. The predicted molar refractivity (Wildman–Crippen MR) is 127 cm³/mol. The number of fused-ring (bicyclic) bond motifs is 1. The first kappa shape index (κ1) is 22.2. The highest BCUT2D eigenvalue weighted by atomic mass is 16.5. The second-order valence-corrected chi connectivity index (χ2v) is 7.46. The monoisotopic (exact) mass is 450 g/mol. The van der Waals surface area contributed by atoms with Crippen LogP contribution in [0.1, 0.15) is 11.3 Å². The number of aromatic amines is 1. The van der Waals surface area contributed by atoms with Gasteiger partial charge in [-0.1, -0.05) is 6.07 Å². The Bertz CT molecular complexity index is 1360. The fourth-order valence-electron chi connectivity index (χ4n) is 3.59. The van der Waals surface area contributed by atoms with Gasteiger partial charge in [-0.2, -0.15) is 0 Å². The quantitative estimate of drug-likeness (QED) is 0.373. The van der Waals surface area contributed by atoms with Crippen LogP contribution in [0.15, 0.2) is 41.2 Å². The van der Waals surface area contributed by atoms with Crippen molar-refractivity contribution < 1.29 is 14.2 Å². The van der Waals surface area contributed by atoms with Crippen molar-refractivity contribution in [3.05, 3.63) is 58.0 Å². The summed E-state index contributed by atoms with van der Waals surface area (Å²) in [5, 5.41) is 9.95. The summed E-state index contributed by atoms with van der Waals surface area (Å²) in [6.07, 6.45) is 0. The molecule has 0 radical (unpaired) electrons. The summed E-state index contributed by atoms with van der Waals surface area (Å²) in [5.41, 5.74) is 3.25. The molecule has 0 unspecified atom stereocenters. The van der Waals surface area contributed by atoms with E-state index in [-0.39, 0.29) is 5.56 Å². The van der Waals surface area contributed by atoms with Gasteiger partial charge in [0.2, 0.25) is 0 Å². The number of ether oxygens (including phenoxy) is 3. The number of anilines is 4. The van der Waals surface area contributed by atoms with Crippen molar-refractivity contribution in [2.75, 3.05) is 32.0 Å². The van der Waals surface area contributed by atoms with Gasteiger partial charge in [0.05, 0.1) is 37.9 Å². The molecule has 3 aromatic heterocycles. The van der Waals surface area contributed by atoms with Gasteiger partial charge in [-0.3, -0.25) is 14.6 Å². The molecule has 10 nitrogen and oxygen atoms in total. The summed E-state index contributed by atoms with van der Waals surface area (Å²) in [6.45, 7) is 2.33. The maximum absolute atomic E-state index is 12.8. The van der Waals surface area contributed by atoms with Crippen LogP contribution in [0.4, 0.5) is 23.0 Å². The normalized spacial score (nSPS) is 10.9. The molecule has 0 aliphatic heterocycles. The van der Waals surface area contributed by atoms with Crippen molar-refractivity contribution in [1.29, 1.82) is 0 Å². The molecule has 0 saturated heterocycles. The molecule has 0 amide bonds. The molecule has 3 N–H and O–H groups in total. The lowest BCUT2D eigenvalue weighted by Crippen LogP contribution is -2.12. The van der Waals surface area contributed by atoms with Gasteiger partial charge in [0, 0.05) is 20.2 Å². The molecule has 33 heavy (non-hydrogen) atoms. The van der Waals surface area contributed by atoms with Gasteiger partial charge in [0.25, 0.3) is 5.56 Å². The summed E-state index contributed by atoms with van der Waals surface area (Å²) in [4.78, 5) is 21.8. The largest absolute Gasteiger partial charge is 0.495 e. The van der Waals surface area contributed by atoms with Crippen LogP contribution >= 0.6 is 0 Å². The standard InChI is InChI=1S/C23H26N6O4/c1-13-17(32-4)8-9-19(24-13)26-20-11-16(21-22(27-20)28-29(2)23(21)30)25-15-7-6-14(12-31-3)10-18(15)33-5/h6-11H,12H2,1-5H3,(H3,24,25,26,27,28). The predicted octanol–water partition coefficient (Wildman–Crippen LogP) is 3.62. The van der Waals surface area contributed by atoms with E-state index in [0.717, 1.165) is 11.3 Å². The molecule has 10 heteroatoms. The summed E-state index contributed by atoms with van der Waals surface area (Å²) >= 11 is 0. The zero-order valence-electron chi connectivity index (χ0n) is 19.1. The number of hydrogen-bond donors (Lipinski definition) is 3. The van der Waals surface area contributed by atoms with E-state index < -0.39 is 0 Å². The van der Waals surface area contributed by atoms with E-state index in [1.807, 2.05) is 31.2 Å². The van der Waals surface area contributed by atoms with Crippen LogP contribution in [0.2, 0.25) is 0 Å². The third kappa shape index (κ3) is 4.46. The van der Waals surface area contributed by atoms with Gasteiger partial charge in [0.15, 0.2) is 5.65 Å². The summed E-state index contributed by atoms with van der Waals surface area (Å²) in [7, 11) is 6.49. The average Bonchev–Trinajstić information content (AvgIpc) is 3.08. The highest BCUT2D eigenvalue weighted by Gasteiger charge is 2.16. The maximum Gasteiger partial charge on any atom is 0.277 e. The third-order valence-electron chi connectivity index (χ3n) is 5.17. The van der Waals surface area contributed by atoms with Crippen molar-refractivity contribution in [1.82, 2.24) is 19.7 Å². The first-order valence-corrected chi connectivity index (χ1v) is 10.2. The third-order valence-corrected chi connectivity index (χ3v) is 5.17. The Morgan fingerprint density at radius 1 is 0.939 bits per heavy atom. The number of nitrogens with one attached hydrogen (secondary N) is 3. The number of aromatic nitrogens is 4. The first-order chi connectivity index (χ1) is 15.9. The fourth-order valence-corrected chi connectivity index (χ4v) is 3.59. The first-order valence-electron chi connectivity index (χ1n) is 10.2. The lowest BCUT2D eigenvalue weighted by Gasteiger charge is -2.14. The van der Waals surface area contributed by atoms with Gasteiger partial charge in [-0.25, -0.2) is 9.97 Å². The molecule has 3 heterocycles. The van der Waals surface area contributed by atoms with E-state index in [1.165, 1.54) is 4.68 Å². The van der Waals surface area contributed by atoms with Gasteiger partial charge < -0.3 is 24.8 Å². The molecule has 0 fully saturated rings. The van der Waals surface area contributed by atoms with Crippen molar-refractivity contribution in [2.24, 2.45) is 7.05 Å². The molecular formula is C23H26N6O4. The molecule has 1 aromatic carbocycles.